The topological polar surface area (TPSA) is 62.7 Å². The van der Waals surface area contributed by atoms with E-state index in [1.165, 1.54) is 0 Å². The van der Waals surface area contributed by atoms with Gasteiger partial charge in [0.1, 0.15) is 11.9 Å². The Kier molecular flexibility index (Phi) is 5.39. The van der Waals surface area contributed by atoms with E-state index in [-0.39, 0.29) is 12.0 Å². The SMILES string of the molecule is Cc1nc(CC(=O)N2C[C@H]3C[C@@H](Oc4cccc(Cl)c4)[C@H](O)C[C@H]3C2)cs1. The van der Waals surface area contributed by atoms with Crippen LogP contribution < -0.4 is 4.74 Å². The lowest BCUT2D eigenvalue weighted by molar-refractivity contribution is -0.129. The van der Waals surface area contributed by atoms with Crippen LogP contribution in [0.5, 0.6) is 5.75 Å². The lowest BCUT2D eigenvalue weighted by Gasteiger charge is -2.35. The van der Waals surface area contributed by atoms with E-state index < -0.39 is 6.10 Å². The van der Waals surface area contributed by atoms with Gasteiger partial charge in [-0.3, -0.25) is 4.79 Å². The Balaban J connectivity index is 1.37. The van der Waals surface area contributed by atoms with Crippen molar-refractivity contribution in [3.8, 4) is 5.75 Å². The second kappa shape index (κ2) is 7.78. The normalized spacial score (nSPS) is 27.4. The van der Waals surface area contributed by atoms with Crippen molar-refractivity contribution in [3.63, 3.8) is 0 Å². The van der Waals surface area contributed by atoms with E-state index in [9.17, 15) is 9.90 Å². The van der Waals surface area contributed by atoms with Crippen molar-refractivity contribution in [3.05, 3.63) is 45.4 Å². The number of likely N-dealkylation sites (tertiary alicyclic amines) is 1. The molecule has 0 radical (unpaired) electrons. The van der Waals surface area contributed by atoms with E-state index in [0.717, 1.165) is 23.7 Å². The van der Waals surface area contributed by atoms with Gasteiger partial charge in [0.25, 0.3) is 0 Å². The predicted octanol–water partition coefficient (Wildman–Crippen LogP) is 3.32. The minimum atomic E-state index is -0.526. The number of aliphatic hydroxyl groups is 1. The fourth-order valence-electron chi connectivity index (χ4n) is 4.19. The monoisotopic (exact) mass is 406 g/mol. The molecule has 1 amide bonds. The Labute approximate surface area is 167 Å². The first-order chi connectivity index (χ1) is 13.0. The number of fused-ring (bicyclic) bond motifs is 1. The number of benzene rings is 1. The first-order valence-electron chi connectivity index (χ1n) is 9.27. The molecule has 0 spiro atoms. The summed E-state index contributed by atoms with van der Waals surface area (Å²) >= 11 is 7.59. The molecule has 27 heavy (non-hydrogen) atoms. The summed E-state index contributed by atoms with van der Waals surface area (Å²) < 4.78 is 6.00. The summed E-state index contributed by atoms with van der Waals surface area (Å²) in [4.78, 5) is 19.0. The number of amides is 1. The average molecular weight is 407 g/mol. The maximum Gasteiger partial charge on any atom is 0.228 e. The van der Waals surface area contributed by atoms with E-state index in [0.29, 0.717) is 42.0 Å². The first kappa shape index (κ1) is 18.7. The van der Waals surface area contributed by atoms with Crippen LogP contribution in [0.1, 0.15) is 23.5 Å². The molecule has 7 heteroatoms. The zero-order valence-electron chi connectivity index (χ0n) is 15.2. The number of hydrogen-bond donors (Lipinski definition) is 1. The van der Waals surface area contributed by atoms with Crippen LogP contribution in [0.4, 0.5) is 0 Å². The molecule has 5 nitrogen and oxygen atoms in total. The Hall–Kier alpha value is -1.63. The molecule has 1 aromatic heterocycles. The number of aryl methyl sites for hydroxylation is 1. The number of aromatic nitrogens is 1. The molecule has 1 N–H and O–H groups in total. The number of hydrogen-bond acceptors (Lipinski definition) is 5. The Morgan fingerprint density at radius 1 is 1.37 bits per heavy atom. The smallest absolute Gasteiger partial charge is 0.228 e. The Bertz CT molecular complexity index is 827. The van der Waals surface area contributed by atoms with Gasteiger partial charge in [-0.05, 0) is 49.8 Å². The molecule has 144 valence electrons. The van der Waals surface area contributed by atoms with Crippen molar-refractivity contribution < 1.29 is 14.6 Å². The third-order valence-corrected chi connectivity index (χ3v) is 6.58. The number of nitrogens with zero attached hydrogens (tertiary/aromatic N) is 2. The molecule has 2 heterocycles. The fraction of sp³-hybridized carbons (Fsp3) is 0.500. The average Bonchev–Trinajstić information content (AvgIpc) is 3.21. The predicted molar refractivity (Wildman–Crippen MR) is 105 cm³/mol. The summed E-state index contributed by atoms with van der Waals surface area (Å²) in [6, 6.07) is 7.25. The van der Waals surface area contributed by atoms with Gasteiger partial charge in [0, 0.05) is 23.5 Å². The van der Waals surface area contributed by atoms with Gasteiger partial charge in [0.15, 0.2) is 0 Å². The molecule has 1 aliphatic carbocycles. The van der Waals surface area contributed by atoms with Crippen molar-refractivity contribution in [2.75, 3.05) is 13.1 Å². The highest BCUT2D eigenvalue weighted by Gasteiger charge is 2.43. The van der Waals surface area contributed by atoms with Crippen molar-refractivity contribution >= 4 is 28.8 Å². The third kappa shape index (κ3) is 4.28. The van der Waals surface area contributed by atoms with Gasteiger partial charge < -0.3 is 14.7 Å². The van der Waals surface area contributed by atoms with Crippen LogP contribution in [0.3, 0.4) is 0 Å². The largest absolute Gasteiger partial charge is 0.488 e. The number of rotatable bonds is 4. The van der Waals surface area contributed by atoms with Crippen LogP contribution in [-0.2, 0) is 11.2 Å². The molecule has 4 atom stereocenters. The highest BCUT2D eigenvalue weighted by Crippen LogP contribution is 2.38. The van der Waals surface area contributed by atoms with Crippen LogP contribution >= 0.6 is 22.9 Å². The zero-order chi connectivity index (χ0) is 19.0. The van der Waals surface area contributed by atoms with Crippen molar-refractivity contribution in [2.24, 2.45) is 11.8 Å². The number of carbonyl (C=O) groups is 1. The molecule has 0 unspecified atom stereocenters. The van der Waals surface area contributed by atoms with Gasteiger partial charge in [0.05, 0.1) is 23.2 Å². The summed E-state index contributed by atoms with van der Waals surface area (Å²) in [6.45, 7) is 3.40. The van der Waals surface area contributed by atoms with Gasteiger partial charge in [-0.2, -0.15) is 0 Å². The quantitative estimate of drug-likeness (QED) is 0.845. The molecule has 1 saturated carbocycles. The van der Waals surface area contributed by atoms with Crippen LogP contribution in [0, 0.1) is 18.8 Å². The van der Waals surface area contributed by atoms with Crippen molar-refractivity contribution in [1.29, 1.82) is 0 Å². The van der Waals surface area contributed by atoms with Gasteiger partial charge >= 0.3 is 0 Å². The van der Waals surface area contributed by atoms with E-state index in [2.05, 4.69) is 4.98 Å². The van der Waals surface area contributed by atoms with Crippen LogP contribution in [0.2, 0.25) is 5.02 Å². The number of thiazole rings is 1. The molecule has 1 aliphatic heterocycles. The zero-order valence-corrected chi connectivity index (χ0v) is 16.7. The van der Waals surface area contributed by atoms with Crippen LogP contribution in [0.25, 0.3) is 0 Å². The minimum absolute atomic E-state index is 0.122. The van der Waals surface area contributed by atoms with Crippen LogP contribution in [0.15, 0.2) is 29.6 Å². The number of ether oxygens (including phenoxy) is 1. The first-order valence-corrected chi connectivity index (χ1v) is 10.5. The van der Waals surface area contributed by atoms with Gasteiger partial charge in [0.2, 0.25) is 5.91 Å². The van der Waals surface area contributed by atoms with E-state index in [4.69, 9.17) is 16.3 Å². The maximum atomic E-state index is 12.6. The highest BCUT2D eigenvalue weighted by molar-refractivity contribution is 7.09. The molecule has 2 aliphatic rings. The lowest BCUT2D eigenvalue weighted by Crippen LogP contribution is -2.42. The van der Waals surface area contributed by atoms with E-state index in [1.54, 1.807) is 23.5 Å². The van der Waals surface area contributed by atoms with E-state index >= 15 is 0 Å². The van der Waals surface area contributed by atoms with Gasteiger partial charge in [-0.1, -0.05) is 17.7 Å². The lowest BCUT2D eigenvalue weighted by atomic mass is 9.78. The second-order valence-corrected chi connectivity index (χ2v) is 9.00. The second-order valence-electron chi connectivity index (χ2n) is 7.51. The highest BCUT2D eigenvalue weighted by atomic mass is 35.5. The summed E-state index contributed by atoms with van der Waals surface area (Å²) in [5.41, 5.74) is 0.847. The molecule has 4 rings (SSSR count). The van der Waals surface area contributed by atoms with Crippen LogP contribution in [-0.4, -0.2) is 46.2 Å². The Morgan fingerprint density at radius 3 is 2.85 bits per heavy atom. The third-order valence-electron chi connectivity index (χ3n) is 5.52. The molecule has 2 aromatic rings. The number of aliphatic hydroxyl groups excluding tert-OH is 1. The molecule has 2 fully saturated rings. The maximum absolute atomic E-state index is 12.6. The fourth-order valence-corrected chi connectivity index (χ4v) is 4.98. The molecule has 1 aromatic carbocycles. The number of halogens is 1. The van der Waals surface area contributed by atoms with Gasteiger partial charge in [-0.25, -0.2) is 4.98 Å². The Morgan fingerprint density at radius 2 is 2.15 bits per heavy atom. The molecular weight excluding hydrogens is 384 g/mol. The molecule has 1 saturated heterocycles. The van der Waals surface area contributed by atoms with Gasteiger partial charge in [-0.15, -0.1) is 11.3 Å². The summed E-state index contributed by atoms with van der Waals surface area (Å²) in [6.07, 6.45) is 0.977. The van der Waals surface area contributed by atoms with E-state index in [1.807, 2.05) is 29.3 Å². The number of carbonyl (C=O) groups excluding carboxylic acids is 1. The summed E-state index contributed by atoms with van der Waals surface area (Å²) in [5, 5.41) is 14.1. The summed E-state index contributed by atoms with van der Waals surface area (Å²) in [7, 11) is 0. The standard InChI is InChI=1S/C20H23ClN2O3S/c1-12-22-16(11-27-12)8-20(25)23-9-13-5-18(24)19(6-14(13)10-23)26-17-4-2-3-15(21)7-17/h2-4,7,11,13-14,18-19,24H,5-6,8-10H2,1H3/t13-,14+,18+,19+/m0/s1. The van der Waals surface area contributed by atoms with Crippen molar-refractivity contribution in [1.82, 2.24) is 9.88 Å². The summed E-state index contributed by atoms with van der Waals surface area (Å²) in [5.74, 6) is 1.49. The minimum Gasteiger partial charge on any atom is -0.488 e. The van der Waals surface area contributed by atoms with Crippen molar-refractivity contribution in [2.45, 2.75) is 38.4 Å². The molecular formula is C20H23ClN2O3S. The molecule has 0 bridgehead atoms.